The van der Waals surface area contributed by atoms with Crippen molar-refractivity contribution >= 4 is 23.6 Å². The lowest BCUT2D eigenvalue weighted by atomic mass is 10.0. The van der Waals surface area contributed by atoms with Gasteiger partial charge in [0.25, 0.3) is 0 Å². The number of rotatable bonds is 2. The zero-order valence-corrected chi connectivity index (χ0v) is 11.2. The van der Waals surface area contributed by atoms with Gasteiger partial charge in [-0.2, -0.15) is 11.8 Å². The summed E-state index contributed by atoms with van der Waals surface area (Å²) in [4.78, 5) is 25.4. The van der Waals surface area contributed by atoms with Crippen LogP contribution in [0.25, 0.3) is 0 Å². The first-order chi connectivity index (χ1) is 8.70. The summed E-state index contributed by atoms with van der Waals surface area (Å²) in [5.41, 5.74) is 0. The van der Waals surface area contributed by atoms with E-state index >= 15 is 0 Å². The summed E-state index contributed by atoms with van der Waals surface area (Å²) in [5.74, 6) is 1.97. The van der Waals surface area contributed by atoms with Gasteiger partial charge < -0.3 is 10.0 Å². The highest BCUT2D eigenvalue weighted by molar-refractivity contribution is 7.99. The van der Waals surface area contributed by atoms with Crippen LogP contribution in [-0.4, -0.2) is 46.0 Å². The molecule has 1 aliphatic heterocycles. The molecule has 1 heterocycles. The maximum atomic E-state index is 12.5. The molecule has 100 valence electrons. The van der Waals surface area contributed by atoms with Gasteiger partial charge in [0.1, 0.15) is 6.04 Å². The van der Waals surface area contributed by atoms with Crippen LogP contribution in [0.3, 0.4) is 0 Å². The molecule has 1 N–H and O–H groups in total. The second-order valence-corrected chi connectivity index (χ2v) is 6.75. The minimum absolute atomic E-state index is 0.125. The Morgan fingerprint density at radius 3 is 2.44 bits per heavy atom. The number of carbonyl (C=O) groups excluding carboxylic acids is 1. The number of carboxylic acid groups (broad SMARTS) is 1. The van der Waals surface area contributed by atoms with Crippen LogP contribution in [0.2, 0.25) is 0 Å². The lowest BCUT2D eigenvalue weighted by molar-refractivity contribution is -0.150. The highest BCUT2D eigenvalue weighted by Gasteiger charge is 2.56. The summed E-state index contributed by atoms with van der Waals surface area (Å²) in [6.07, 6.45) is 4.81. The molecule has 1 amide bonds. The van der Waals surface area contributed by atoms with E-state index in [4.69, 9.17) is 0 Å². The molecule has 3 unspecified atom stereocenters. The molecule has 0 radical (unpaired) electrons. The fraction of sp³-hybridized carbons (Fsp3) is 0.846. The number of thioether (sulfide) groups is 1. The van der Waals surface area contributed by atoms with Crippen LogP contribution >= 0.6 is 11.8 Å². The number of aliphatic carboxylic acids is 1. The lowest BCUT2D eigenvalue weighted by Crippen LogP contribution is -2.51. The number of amides is 1. The lowest BCUT2D eigenvalue weighted by Gasteiger charge is -2.33. The minimum atomic E-state index is -0.848. The van der Waals surface area contributed by atoms with Crippen molar-refractivity contribution in [2.75, 3.05) is 18.1 Å². The Bertz CT molecular complexity index is 361. The fourth-order valence-corrected chi connectivity index (χ4v) is 4.66. The molecule has 0 aromatic carbocycles. The third kappa shape index (κ3) is 2.02. The molecule has 0 aromatic heterocycles. The summed E-state index contributed by atoms with van der Waals surface area (Å²) in [6, 6.07) is -0.598. The molecule has 1 saturated heterocycles. The van der Waals surface area contributed by atoms with Crippen molar-refractivity contribution in [3.63, 3.8) is 0 Å². The Hall–Kier alpha value is -0.710. The Kier molecular flexibility index (Phi) is 3.26. The average molecular weight is 269 g/mol. The summed E-state index contributed by atoms with van der Waals surface area (Å²) in [7, 11) is 0. The van der Waals surface area contributed by atoms with Gasteiger partial charge in [-0.05, 0) is 24.7 Å². The normalized spacial score (nSPS) is 39.0. The monoisotopic (exact) mass is 269 g/mol. The van der Waals surface area contributed by atoms with Gasteiger partial charge >= 0.3 is 5.97 Å². The second-order valence-electron chi connectivity index (χ2n) is 5.60. The zero-order chi connectivity index (χ0) is 12.7. The Morgan fingerprint density at radius 1 is 1.17 bits per heavy atom. The molecule has 3 atom stereocenters. The van der Waals surface area contributed by atoms with Crippen molar-refractivity contribution < 1.29 is 14.7 Å². The molecular weight excluding hydrogens is 250 g/mol. The third-order valence-corrected chi connectivity index (χ3v) is 5.66. The maximum absolute atomic E-state index is 12.5. The summed E-state index contributed by atoms with van der Waals surface area (Å²) < 4.78 is 0. The number of nitrogens with zero attached hydrogens (tertiary/aromatic N) is 1. The predicted molar refractivity (Wildman–Crippen MR) is 69.4 cm³/mol. The van der Waals surface area contributed by atoms with Gasteiger partial charge in [0.2, 0.25) is 5.91 Å². The first-order valence-electron chi connectivity index (χ1n) is 6.81. The van der Waals surface area contributed by atoms with E-state index in [1.54, 1.807) is 16.7 Å². The van der Waals surface area contributed by atoms with E-state index in [1.807, 2.05) is 0 Å². The molecule has 4 nitrogen and oxygen atoms in total. The summed E-state index contributed by atoms with van der Waals surface area (Å²) in [5, 5.41) is 9.21. The highest BCUT2D eigenvalue weighted by Crippen LogP contribution is 2.56. The largest absolute Gasteiger partial charge is 0.480 e. The van der Waals surface area contributed by atoms with Crippen molar-refractivity contribution in [2.24, 2.45) is 17.8 Å². The van der Waals surface area contributed by atoms with Crippen molar-refractivity contribution in [3.8, 4) is 0 Å². The molecule has 18 heavy (non-hydrogen) atoms. The Labute approximate surface area is 111 Å². The number of hydrogen-bond donors (Lipinski definition) is 1. The van der Waals surface area contributed by atoms with E-state index in [1.165, 1.54) is 25.7 Å². The first kappa shape index (κ1) is 12.3. The Morgan fingerprint density at radius 2 is 1.83 bits per heavy atom. The van der Waals surface area contributed by atoms with Crippen LogP contribution in [0.4, 0.5) is 0 Å². The van der Waals surface area contributed by atoms with Gasteiger partial charge in [-0.1, -0.05) is 12.8 Å². The van der Waals surface area contributed by atoms with Crippen LogP contribution in [0.5, 0.6) is 0 Å². The molecule has 0 spiro atoms. The van der Waals surface area contributed by atoms with E-state index in [0.717, 1.165) is 5.75 Å². The van der Waals surface area contributed by atoms with Crippen LogP contribution in [-0.2, 0) is 9.59 Å². The van der Waals surface area contributed by atoms with Crippen molar-refractivity contribution in [1.29, 1.82) is 0 Å². The predicted octanol–water partition coefficient (Wildman–Crippen LogP) is 1.45. The summed E-state index contributed by atoms with van der Waals surface area (Å²) in [6.45, 7) is 0.608. The van der Waals surface area contributed by atoms with Crippen molar-refractivity contribution in [2.45, 2.75) is 31.7 Å². The maximum Gasteiger partial charge on any atom is 0.327 e. The quantitative estimate of drug-likeness (QED) is 0.824. The second kappa shape index (κ2) is 4.76. The smallest absolute Gasteiger partial charge is 0.327 e. The molecule has 2 aliphatic carbocycles. The fourth-order valence-electron chi connectivity index (χ4n) is 3.62. The third-order valence-electron chi connectivity index (χ3n) is 4.64. The van der Waals surface area contributed by atoms with Gasteiger partial charge in [-0.15, -0.1) is 0 Å². The van der Waals surface area contributed by atoms with Gasteiger partial charge in [-0.3, -0.25) is 4.79 Å². The molecule has 0 aromatic rings. The standard InChI is InChI=1S/C13H19NO3S/c15-12(11-8-3-1-2-4-9(8)11)14-5-6-18-7-10(14)13(16)17/h8-11H,1-7H2,(H,16,17). The van der Waals surface area contributed by atoms with Gasteiger partial charge in [0.05, 0.1) is 0 Å². The molecular formula is C13H19NO3S. The number of carboxylic acids is 1. The van der Waals surface area contributed by atoms with E-state index in [2.05, 4.69) is 0 Å². The van der Waals surface area contributed by atoms with E-state index in [9.17, 15) is 14.7 Å². The van der Waals surface area contributed by atoms with Crippen LogP contribution in [0.15, 0.2) is 0 Å². The summed E-state index contributed by atoms with van der Waals surface area (Å²) >= 11 is 1.64. The average Bonchev–Trinajstić information content (AvgIpc) is 3.12. The number of carbonyl (C=O) groups is 2. The highest BCUT2D eigenvalue weighted by atomic mass is 32.2. The number of fused-ring (bicyclic) bond motifs is 1. The van der Waals surface area contributed by atoms with E-state index in [-0.39, 0.29) is 11.8 Å². The minimum Gasteiger partial charge on any atom is -0.480 e. The van der Waals surface area contributed by atoms with E-state index in [0.29, 0.717) is 24.1 Å². The topological polar surface area (TPSA) is 57.6 Å². The van der Waals surface area contributed by atoms with Crippen molar-refractivity contribution in [1.82, 2.24) is 4.90 Å². The zero-order valence-electron chi connectivity index (χ0n) is 10.4. The van der Waals surface area contributed by atoms with E-state index < -0.39 is 12.0 Å². The number of hydrogen-bond acceptors (Lipinski definition) is 3. The molecule has 3 aliphatic rings. The van der Waals surface area contributed by atoms with Crippen LogP contribution in [0, 0.1) is 17.8 Å². The molecule has 3 rings (SSSR count). The SMILES string of the molecule is O=C(O)C1CSCCN1C(=O)C1C2CCCCC21. The molecule has 2 saturated carbocycles. The first-order valence-corrected chi connectivity index (χ1v) is 7.96. The van der Waals surface area contributed by atoms with Gasteiger partial charge in [0, 0.05) is 24.0 Å². The molecule has 3 fully saturated rings. The molecule has 0 bridgehead atoms. The van der Waals surface area contributed by atoms with Crippen LogP contribution < -0.4 is 0 Å². The molecule has 5 heteroatoms. The van der Waals surface area contributed by atoms with Crippen LogP contribution in [0.1, 0.15) is 25.7 Å². The Balaban J connectivity index is 1.69. The van der Waals surface area contributed by atoms with Gasteiger partial charge in [0.15, 0.2) is 0 Å². The van der Waals surface area contributed by atoms with Gasteiger partial charge in [-0.25, -0.2) is 4.79 Å². The van der Waals surface area contributed by atoms with Crippen molar-refractivity contribution in [3.05, 3.63) is 0 Å².